The Morgan fingerprint density at radius 3 is 2.50 bits per heavy atom. The number of rotatable bonds is 5. The molecule has 0 unspecified atom stereocenters. The molecule has 0 saturated heterocycles. The lowest BCUT2D eigenvalue weighted by atomic mass is 10.2. The highest BCUT2D eigenvalue weighted by Gasteiger charge is 2.21. The zero-order valence-electron chi connectivity index (χ0n) is 9.04. The van der Waals surface area contributed by atoms with E-state index in [1.807, 2.05) is 6.92 Å². The Balaban J connectivity index is 4.10. The molecule has 0 aromatic heterocycles. The van der Waals surface area contributed by atoms with Crippen LogP contribution < -0.4 is 11.2 Å². The number of nitrogens with one attached hydrogen (secondary N) is 1. The van der Waals surface area contributed by atoms with Gasteiger partial charge in [-0.3, -0.25) is 9.59 Å². The molecule has 5 nitrogen and oxygen atoms in total. The summed E-state index contributed by atoms with van der Waals surface area (Å²) < 4.78 is 0. The summed E-state index contributed by atoms with van der Waals surface area (Å²) in [5.74, 6) is 4.66. The molecular formula is C9H19N3O2. The van der Waals surface area contributed by atoms with E-state index >= 15 is 0 Å². The van der Waals surface area contributed by atoms with Crippen molar-refractivity contribution in [2.45, 2.75) is 39.2 Å². The van der Waals surface area contributed by atoms with Crippen molar-refractivity contribution in [2.24, 2.45) is 5.84 Å². The van der Waals surface area contributed by atoms with Gasteiger partial charge in [0, 0.05) is 6.42 Å². The number of likely N-dealkylation sites (N-methyl/N-ethyl adjacent to an activating group) is 1. The van der Waals surface area contributed by atoms with E-state index in [9.17, 15) is 9.59 Å². The molecule has 3 N–H and O–H groups in total. The van der Waals surface area contributed by atoms with Crippen molar-refractivity contribution in [3.8, 4) is 0 Å². The van der Waals surface area contributed by atoms with Crippen LogP contribution >= 0.6 is 0 Å². The number of carbonyl (C=O) groups excluding carboxylic acids is 2. The van der Waals surface area contributed by atoms with E-state index in [1.165, 1.54) is 0 Å². The van der Waals surface area contributed by atoms with Gasteiger partial charge in [-0.2, -0.15) is 0 Å². The van der Waals surface area contributed by atoms with Crippen molar-refractivity contribution in [1.29, 1.82) is 0 Å². The predicted octanol–water partition coefficient (Wildman–Crippen LogP) is 0.0134. The molecule has 0 radical (unpaired) electrons. The van der Waals surface area contributed by atoms with Crippen molar-refractivity contribution < 1.29 is 9.59 Å². The Hall–Kier alpha value is -0.940. The van der Waals surface area contributed by atoms with E-state index in [4.69, 9.17) is 5.84 Å². The molecule has 0 aromatic rings. The molecule has 0 spiro atoms. The SMILES string of the molecule is CCCCC(=O)N(N)C(=O)[C@H](C)NC. The fraction of sp³-hybridized carbons (Fsp3) is 0.778. The van der Waals surface area contributed by atoms with Crippen LogP contribution in [0.2, 0.25) is 0 Å². The second-order valence-electron chi connectivity index (χ2n) is 3.22. The summed E-state index contributed by atoms with van der Waals surface area (Å²) in [7, 11) is 1.65. The molecule has 0 rings (SSSR count). The first kappa shape index (κ1) is 13.1. The largest absolute Gasteiger partial charge is 0.309 e. The molecule has 0 aliphatic rings. The third-order valence-corrected chi connectivity index (χ3v) is 2.05. The second kappa shape index (κ2) is 6.50. The number of amides is 2. The van der Waals surface area contributed by atoms with Gasteiger partial charge in [0.15, 0.2) is 0 Å². The van der Waals surface area contributed by atoms with Gasteiger partial charge in [0.1, 0.15) is 0 Å². The Bertz CT molecular complexity index is 206. The van der Waals surface area contributed by atoms with E-state index < -0.39 is 11.9 Å². The number of nitrogens with zero attached hydrogens (tertiary/aromatic N) is 1. The van der Waals surface area contributed by atoms with Gasteiger partial charge in [-0.15, -0.1) is 0 Å². The van der Waals surface area contributed by atoms with E-state index in [0.29, 0.717) is 11.4 Å². The van der Waals surface area contributed by atoms with Crippen molar-refractivity contribution in [3.05, 3.63) is 0 Å². The van der Waals surface area contributed by atoms with E-state index in [-0.39, 0.29) is 5.91 Å². The number of unbranched alkanes of at least 4 members (excludes halogenated alkanes) is 1. The average molecular weight is 201 g/mol. The summed E-state index contributed by atoms with van der Waals surface area (Å²) in [6, 6.07) is -0.425. The van der Waals surface area contributed by atoms with Gasteiger partial charge in [0.2, 0.25) is 5.91 Å². The molecule has 0 bridgehead atoms. The average Bonchev–Trinajstić information content (AvgIpc) is 2.22. The summed E-state index contributed by atoms with van der Waals surface area (Å²) in [4.78, 5) is 22.7. The fourth-order valence-corrected chi connectivity index (χ4v) is 0.903. The highest BCUT2D eigenvalue weighted by Crippen LogP contribution is 1.99. The zero-order chi connectivity index (χ0) is 11.1. The number of carbonyl (C=O) groups is 2. The zero-order valence-corrected chi connectivity index (χ0v) is 9.04. The van der Waals surface area contributed by atoms with E-state index in [2.05, 4.69) is 5.32 Å². The van der Waals surface area contributed by atoms with Gasteiger partial charge in [-0.05, 0) is 20.4 Å². The molecule has 1 atom stereocenters. The lowest BCUT2D eigenvalue weighted by Gasteiger charge is -2.18. The third-order valence-electron chi connectivity index (χ3n) is 2.05. The summed E-state index contributed by atoms with van der Waals surface area (Å²) in [5.41, 5.74) is 0. The van der Waals surface area contributed by atoms with Crippen LogP contribution in [0.3, 0.4) is 0 Å². The highest BCUT2D eigenvalue weighted by molar-refractivity contribution is 5.96. The molecule has 2 amide bonds. The van der Waals surface area contributed by atoms with Gasteiger partial charge in [-0.1, -0.05) is 13.3 Å². The molecule has 5 heteroatoms. The normalized spacial score (nSPS) is 12.3. The highest BCUT2D eigenvalue weighted by atomic mass is 16.2. The van der Waals surface area contributed by atoms with Crippen LogP contribution in [0.15, 0.2) is 0 Å². The number of hydrazine groups is 1. The summed E-state index contributed by atoms with van der Waals surface area (Å²) in [6.07, 6.45) is 2.00. The maximum Gasteiger partial charge on any atom is 0.260 e. The maximum absolute atomic E-state index is 11.4. The van der Waals surface area contributed by atoms with Crippen LogP contribution in [-0.4, -0.2) is 29.9 Å². The van der Waals surface area contributed by atoms with Gasteiger partial charge in [-0.25, -0.2) is 10.9 Å². The topological polar surface area (TPSA) is 75.4 Å². The van der Waals surface area contributed by atoms with Crippen molar-refractivity contribution in [3.63, 3.8) is 0 Å². The first-order valence-corrected chi connectivity index (χ1v) is 4.83. The summed E-state index contributed by atoms with van der Waals surface area (Å²) in [6.45, 7) is 3.64. The number of hydrogen-bond acceptors (Lipinski definition) is 4. The van der Waals surface area contributed by atoms with Gasteiger partial charge in [0.25, 0.3) is 5.91 Å². The smallest absolute Gasteiger partial charge is 0.260 e. The number of imide groups is 1. The molecule has 14 heavy (non-hydrogen) atoms. The molecule has 0 saturated carbocycles. The van der Waals surface area contributed by atoms with Crippen LogP contribution in [0, 0.1) is 0 Å². The number of nitrogens with two attached hydrogens (primary N) is 1. The minimum Gasteiger partial charge on any atom is -0.309 e. The molecule has 0 heterocycles. The van der Waals surface area contributed by atoms with Crippen molar-refractivity contribution in [1.82, 2.24) is 10.3 Å². The molecule has 0 aliphatic carbocycles. The van der Waals surface area contributed by atoms with Gasteiger partial charge < -0.3 is 5.32 Å². The number of hydrogen-bond donors (Lipinski definition) is 2. The Morgan fingerprint density at radius 1 is 1.50 bits per heavy atom. The van der Waals surface area contributed by atoms with Crippen LogP contribution in [0.25, 0.3) is 0 Å². The van der Waals surface area contributed by atoms with Crippen LogP contribution in [-0.2, 0) is 9.59 Å². The van der Waals surface area contributed by atoms with E-state index in [1.54, 1.807) is 14.0 Å². The lowest BCUT2D eigenvalue weighted by molar-refractivity contribution is -0.146. The standard InChI is InChI=1S/C9H19N3O2/c1-4-5-6-8(13)12(10)9(14)7(2)11-3/h7,11H,4-6,10H2,1-3H3/t7-/m0/s1. The first-order valence-electron chi connectivity index (χ1n) is 4.83. The predicted molar refractivity (Wildman–Crippen MR) is 54.1 cm³/mol. The third kappa shape index (κ3) is 3.85. The minimum atomic E-state index is -0.425. The summed E-state index contributed by atoms with van der Waals surface area (Å²) >= 11 is 0. The molecule has 0 fully saturated rings. The van der Waals surface area contributed by atoms with Crippen LogP contribution in [0.5, 0.6) is 0 Å². The monoisotopic (exact) mass is 201 g/mol. The maximum atomic E-state index is 11.4. The van der Waals surface area contributed by atoms with E-state index in [0.717, 1.165) is 12.8 Å². The summed E-state index contributed by atoms with van der Waals surface area (Å²) in [5, 5.41) is 3.44. The van der Waals surface area contributed by atoms with Gasteiger partial charge >= 0.3 is 0 Å². The first-order chi connectivity index (χ1) is 6.54. The quantitative estimate of drug-likeness (QED) is 0.373. The van der Waals surface area contributed by atoms with Crippen LogP contribution in [0.4, 0.5) is 0 Å². The second-order valence-corrected chi connectivity index (χ2v) is 3.22. The Labute approximate surface area is 84.6 Å². The molecule has 0 aliphatic heterocycles. The Morgan fingerprint density at radius 2 is 2.07 bits per heavy atom. The molecular weight excluding hydrogens is 182 g/mol. The molecule has 0 aromatic carbocycles. The lowest BCUT2D eigenvalue weighted by Crippen LogP contribution is -2.50. The van der Waals surface area contributed by atoms with Crippen molar-refractivity contribution >= 4 is 11.8 Å². The molecule has 82 valence electrons. The Kier molecular flexibility index (Phi) is 6.07. The van der Waals surface area contributed by atoms with Crippen molar-refractivity contribution in [2.75, 3.05) is 7.05 Å². The van der Waals surface area contributed by atoms with Gasteiger partial charge in [0.05, 0.1) is 6.04 Å². The minimum absolute atomic E-state index is 0.320. The fourth-order valence-electron chi connectivity index (χ4n) is 0.903. The van der Waals surface area contributed by atoms with Crippen LogP contribution in [0.1, 0.15) is 33.1 Å².